The van der Waals surface area contributed by atoms with Gasteiger partial charge in [-0.25, -0.2) is 14.0 Å². The average Bonchev–Trinajstić information content (AvgIpc) is 3.30. The van der Waals surface area contributed by atoms with Gasteiger partial charge in [-0.3, -0.25) is 0 Å². The Morgan fingerprint density at radius 1 is 1.19 bits per heavy atom. The Morgan fingerprint density at radius 3 is 2.67 bits per heavy atom. The van der Waals surface area contributed by atoms with Crippen molar-refractivity contribution in [3.63, 3.8) is 0 Å². The Balaban J connectivity index is 1.54. The zero-order chi connectivity index (χ0) is 18.7. The minimum Gasteiger partial charge on any atom is -0.480 e. The molecule has 1 aromatic rings. The lowest BCUT2D eigenvalue weighted by Gasteiger charge is -2.48. The van der Waals surface area contributed by atoms with Gasteiger partial charge in [-0.15, -0.1) is 0 Å². The van der Waals surface area contributed by atoms with Crippen molar-refractivity contribution in [2.75, 3.05) is 11.9 Å². The van der Waals surface area contributed by atoms with Crippen molar-refractivity contribution >= 4 is 17.7 Å². The fourth-order valence-corrected chi connectivity index (χ4v) is 5.12. The zero-order valence-electron chi connectivity index (χ0n) is 15.1. The molecule has 0 spiro atoms. The molecule has 2 saturated carbocycles. The van der Waals surface area contributed by atoms with Crippen LogP contribution in [0.5, 0.6) is 0 Å². The van der Waals surface area contributed by atoms with E-state index in [0.717, 1.165) is 43.4 Å². The minimum atomic E-state index is -0.944. The summed E-state index contributed by atoms with van der Waals surface area (Å²) >= 11 is 0. The van der Waals surface area contributed by atoms with Gasteiger partial charge in [0.25, 0.3) is 0 Å². The van der Waals surface area contributed by atoms with E-state index in [4.69, 9.17) is 0 Å². The molecule has 2 aliphatic heterocycles. The summed E-state index contributed by atoms with van der Waals surface area (Å²) in [7, 11) is 0. The molecule has 0 radical (unpaired) electrons. The molecule has 6 nitrogen and oxygen atoms in total. The number of likely N-dealkylation sites (tertiary alicyclic amines) is 1. The topological polar surface area (TPSA) is 72.9 Å². The summed E-state index contributed by atoms with van der Waals surface area (Å²) in [5.41, 5.74) is 1.74. The number of nitrogens with one attached hydrogen (secondary N) is 1. The van der Waals surface area contributed by atoms with Crippen LogP contribution in [0, 0.1) is 11.7 Å². The van der Waals surface area contributed by atoms with Gasteiger partial charge in [-0.2, -0.15) is 0 Å². The van der Waals surface area contributed by atoms with Crippen LogP contribution in [0.2, 0.25) is 0 Å². The number of carbonyl (C=O) groups excluding carboxylic acids is 1. The molecule has 2 N–H and O–H groups in total. The number of aliphatic carboxylic acids is 1. The van der Waals surface area contributed by atoms with Crippen molar-refractivity contribution in [3.05, 3.63) is 29.6 Å². The average molecular weight is 373 g/mol. The van der Waals surface area contributed by atoms with Crippen LogP contribution in [0.3, 0.4) is 0 Å². The number of hydrogen-bond acceptors (Lipinski definition) is 3. The maximum absolute atomic E-state index is 14.1. The molecule has 4 aliphatic rings. The van der Waals surface area contributed by atoms with E-state index >= 15 is 0 Å². The second-order valence-corrected chi connectivity index (χ2v) is 8.28. The van der Waals surface area contributed by atoms with E-state index in [2.05, 4.69) is 5.32 Å². The van der Waals surface area contributed by atoms with Crippen molar-refractivity contribution < 1.29 is 19.1 Å². The molecule has 144 valence electrons. The standard InChI is InChI=1S/C20H24FN3O3/c21-11-4-7-16-14(10-11)18(13-2-1-3-15(13)22-16)24(12-5-6-12)20(27)23-9-8-17(23)19(25)26/h4,7,10,12-13,15,17-18,22H,1-3,5-6,8-9H2,(H,25,26)/t13-,15+,17-,18-/m1/s1. The summed E-state index contributed by atoms with van der Waals surface area (Å²) in [4.78, 5) is 28.2. The van der Waals surface area contributed by atoms with Crippen LogP contribution in [-0.4, -0.2) is 51.6 Å². The van der Waals surface area contributed by atoms with Gasteiger partial charge in [0.05, 0.1) is 6.04 Å². The van der Waals surface area contributed by atoms with Crippen LogP contribution in [-0.2, 0) is 4.79 Å². The number of halogens is 1. The molecule has 7 heteroatoms. The van der Waals surface area contributed by atoms with Crippen molar-refractivity contribution in [1.29, 1.82) is 0 Å². The maximum Gasteiger partial charge on any atom is 0.326 e. The Bertz CT molecular complexity index is 797. The molecule has 5 rings (SSSR count). The number of anilines is 1. The van der Waals surface area contributed by atoms with Gasteiger partial charge < -0.3 is 20.2 Å². The number of fused-ring (bicyclic) bond motifs is 2. The lowest BCUT2D eigenvalue weighted by atomic mass is 9.83. The first-order valence-corrected chi connectivity index (χ1v) is 9.92. The van der Waals surface area contributed by atoms with Gasteiger partial charge in [0.1, 0.15) is 11.9 Å². The molecule has 1 saturated heterocycles. The number of nitrogens with zero attached hydrogens (tertiary/aromatic N) is 2. The summed E-state index contributed by atoms with van der Waals surface area (Å²) in [6, 6.07) is 4.09. The van der Waals surface area contributed by atoms with Gasteiger partial charge >= 0.3 is 12.0 Å². The van der Waals surface area contributed by atoms with Gasteiger partial charge in [0.15, 0.2) is 0 Å². The first kappa shape index (κ1) is 16.8. The molecule has 2 amide bonds. The van der Waals surface area contributed by atoms with E-state index in [1.807, 2.05) is 4.90 Å². The third-order valence-electron chi connectivity index (χ3n) is 6.66. The van der Waals surface area contributed by atoms with Crippen molar-refractivity contribution in [1.82, 2.24) is 9.80 Å². The molecule has 0 bridgehead atoms. The van der Waals surface area contributed by atoms with Crippen molar-refractivity contribution in [3.8, 4) is 0 Å². The SMILES string of the molecule is O=C(O)[C@H]1CCN1C(=O)N(C1CC1)[C@H]1c2cc(F)ccc2N[C@H]2CCC[C@H]21. The predicted molar refractivity (Wildman–Crippen MR) is 96.9 cm³/mol. The van der Waals surface area contributed by atoms with Gasteiger partial charge in [0.2, 0.25) is 0 Å². The van der Waals surface area contributed by atoms with E-state index in [0.29, 0.717) is 13.0 Å². The Labute approximate surface area is 157 Å². The third-order valence-corrected chi connectivity index (χ3v) is 6.66. The fraction of sp³-hybridized carbons (Fsp3) is 0.600. The highest BCUT2D eigenvalue weighted by molar-refractivity contribution is 5.85. The summed E-state index contributed by atoms with van der Waals surface area (Å²) in [6.07, 6.45) is 5.50. The normalized spacial score (nSPS) is 31.4. The molecule has 27 heavy (non-hydrogen) atoms. The van der Waals surface area contributed by atoms with Gasteiger partial charge in [-0.05, 0) is 50.3 Å². The smallest absolute Gasteiger partial charge is 0.326 e. The zero-order valence-corrected chi connectivity index (χ0v) is 15.1. The number of rotatable bonds is 3. The van der Waals surface area contributed by atoms with Crippen molar-refractivity contribution in [2.24, 2.45) is 5.92 Å². The number of urea groups is 1. The highest BCUT2D eigenvalue weighted by atomic mass is 19.1. The summed E-state index contributed by atoms with van der Waals surface area (Å²) in [5, 5.41) is 12.9. The number of benzene rings is 1. The molecule has 0 aromatic heterocycles. The third kappa shape index (κ3) is 2.66. The number of carboxylic acids is 1. The van der Waals surface area contributed by atoms with Gasteiger partial charge in [-0.1, -0.05) is 6.42 Å². The van der Waals surface area contributed by atoms with Crippen LogP contribution in [0.1, 0.15) is 50.1 Å². The molecule has 4 atom stereocenters. The lowest BCUT2D eigenvalue weighted by Crippen LogP contribution is -2.61. The van der Waals surface area contributed by atoms with Crippen LogP contribution < -0.4 is 5.32 Å². The first-order chi connectivity index (χ1) is 13.0. The minimum absolute atomic E-state index is 0.132. The second-order valence-electron chi connectivity index (χ2n) is 8.28. The predicted octanol–water partition coefficient (Wildman–Crippen LogP) is 3.20. The number of carboxylic acid groups (broad SMARTS) is 1. The van der Waals surface area contributed by atoms with Gasteiger partial charge in [0, 0.05) is 35.8 Å². The van der Waals surface area contributed by atoms with Crippen LogP contribution in [0.25, 0.3) is 0 Å². The molecule has 2 heterocycles. The van der Waals surface area contributed by atoms with Crippen LogP contribution in [0.4, 0.5) is 14.9 Å². The monoisotopic (exact) mass is 373 g/mol. The Kier molecular flexibility index (Phi) is 3.81. The van der Waals surface area contributed by atoms with Crippen LogP contribution in [0.15, 0.2) is 18.2 Å². The molecule has 3 fully saturated rings. The Hall–Kier alpha value is -2.31. The largest absolute Gasteiger partial charge is 0.480 e. The van der Waals surface area contributed by atoms with E-state index in [1.54, 1.807) is 12.1 Å². The summed E-state index contributed by atoms with van der Waals surface area (Å²) < 4.78 is 14.1. The number of hydrogen-bond donors (Lipinski definition) is 2. The molecule has 0 unspecified atom stereocenters. The molecular weight excluding hydrogens is 349 g/mol. The molecule has 2 aliphatic carbocycles. The van der Waals surface area contributed by atoms with E-state index in [9.17, 15) is 19.1 Å². The maximum atomic E-state index is 14.1. The Morgan fingerprint density at radius 2 is 2.00 bits per heavy atom. The second kappa shape index (κ2) is 6.11. The fourth-order valence-electron chi connectivity index (χ4n) is 5.12. The van der Waals surface area contributed by atoms with Crippen molar-refractivity contribution in [2.45, 2.75) is 62.7 Å². The summed E-state index contributed by atoms with van der Waals surface area (Å²) in [6.45, 7) is 0.480. The molecule has 1 aromatic carbocycles. The first-order valence-electron chi connectivity index (χ1n) is 9.92. The van der Waals surface area contributed by atoms with E-state index in [1.165, 1.54) is 11.0 Å². The quantitative estimate of drug-likeness (QED) is 0.853. The molecular formula is C20H24FN3O3. The lowest BCUT2D eigenvalue weighted by molar-refractivity contribution is -0.146. The number of carbonyl (C=O) groups is 2. The highest BCUT2D eigenvalue weighted by Crippen LogP contribution is 2.50. The van der Waals surface area contributed by atoms with E-state index in [-0.39, 0.29) is 35.9 Å². The highest BCUT2D eigenvalue weighted by Gasteiger charge is 2.51. The van der Waals surface area contributed by atoms with E-state index < -0.39 is 12.0 Å². The van der Waals surface area contributed by atoms with Crippen LogP contribution >= 0.6 is 0 Å². The summed E-state index contributed by atoms with van der Waals surface area (Å²) in [5.74, 6) is -0.998. The number of amides is 2.